The summed E-state index contributed by atoms with van der Waals surface area (Å²) in [6.07, 6.45) is 0.961. The molecule has 2 amide bonds. The Bertz CT molecular complexity index is 1010. The zero-order valence-corrected chi connectivity index (χ0v) is 16.4. The van der Waals surface area contributed by atoms with E-state index in [4.69, 9.17) is 0 Å². The molecule has 2 heterocycles. The molecule has 1 N–H and O–H groups in total. The van der Waals surface area contributed by atoms with Crippen molar-refractivity contribution in [2.45, 2.75) is 20.3 Å². The first-order chi connectivity index (χ1) is 13.5. The summed E-state index contributed by atoms with van der Waals surface area (Å²) >= 11 is 0. The van der Waals surface area contributed by atoms with Gasteiger partial charge in [0.1, 0.15) is 5.69 Å². The standard InChI is InChI=1S/C23H25N3O2/c1-3-17-5-7-18(8-6-17)22(27)25-10-12-26(13-11-25)23(28)21-15-19-14-16(2)4-9-20(19)24-21/h4-9,14-15,24H,3,10-13H2,1-2H3. The predicted molar refractivity (Wildman–Crippen MR) is 111 cm³/mol. The molecule has 0 saturated carbocycles. The summed E-state index contributed by atoms with van der Waals surface area (Å²) in [5.74, 6) is 0.0316. The number of aromatic nitrogens is 1. The van der Waals surface area contributed by atoms with Crippen molar-refractivity contribution < 1.29 is 9.59 Å². The van der Waals surface area contributed by atoms with Crippen LogP contribution in [0.5, 0.6) is 0 Å². The van der Waals surface area contributed by atoms with Crippen molar-refractivity contribution in [1.29, 1.82) is 0 Å². The number of hydrogen-bond acceptors (Lipinski definition) is 2. The van der Waals surface area contributed by atoms with E-state index in [0.717, 1.165) is 17.3 Å². The Morgan fingerprint density at radius 3 is 2.18 bits per heavy atom. The molecule has 28 heavy (non-hydrogen) atoms. The van der Waals surface area contributed by atoms with Crippen LogP contribution in [0, 0.1) is 6.92 Å². The van der Waals surface area contributed by atoms with Crippen LogP contribution in [0.3, 0.4) is 0 Å². The molecule has 1 aromatic heterocycles. The number of H-pyrrole nitrogens is 1. The average Bonchev–Trinajstić information content (AvgIpc) is 3.16. The molecule has 144 valence electrons. The van der Waals surface area contributed by atoms with Crippen LogP contribution in [0.1, 0.15) is 38.9 Å². The largest absolute Gasteiger partial charge is 0.351 e. The molecule has 5 heteroatoms. The monoisotopic (exact) mass is 375 g/mol. The van der Waals surface area contributed by atoms with E-state index >= 15 is 0 Å². The van der Waals surface area contributed by atoms with Crippen LogP contribution in [0.4, 0.5) is 0 Å². The first-order valence-corrected chi connectivity index (χ1v) is 9.82. The molecule has 0 unspecified atom stereocenters. The molecule has 0 radical (unpaired) electrons. The smallest absolute Gasteiger partial charge is 0.270 e. The summed E-state index contributed by atoms with van der Waals surface area (Å²) in [6, 6.07) is 15.8. The molecule has 2 aromatic carbocycles. The highest BCUT2D eigenvalue weighted by atomic mass is 16.2. The number of aromatic amines is 1. The number of nitrogens with one attached hydrogen (secondary N) is 1. The van der Waals surface area contributed by atoms with Crippen LogP contribution in [-0.2, 0) is 6.42 Å². The van der Waals surface area contributed by atoms with Gasteiger partial charge in [0.15, 0.2) is 0 Å². The number of benzene rings is 2. The highest BCUT2D eigenvalue weighted by Gasteiger charge is 2.26. The van der Waals surface area contributed by atoms with Crippen molar-refractivity contribution in [3.63, 3.8) is 0 Å². The van der Waals surface area contributed by atoms with E-state index in [-0.39, 0.29) is 11.8 Å². The van der Waals surface area contributed by atoms with E-state index < -0.39 is 0 Å². The maximum absolute atomic E-state index is 12.9. The van der Waals surface area contributed by atoms with Gasteiger partial charge in [-0.1, -0.05) is 30.7 Å². The molecular formula is C23H25N3O2. The number of fused-ring (bicyclic) bond motifs is 1. The van der Waals surface area contributed by atoms with Crippen molar-refractivity contribution in [1.82, 2.24) is 14.8 Å². The van der Waals surface area contributed by atoms with Crippen LogP contribution in [0.25, 0.3) is 10.9 Å². The Labute approximate surface area is 165 Å². The number of piperazine rings is 1. The van der Waals surface area contributed by atoms with Crippen molar-refractivity contribution in [2.24, 2.45) is 0 Å². The molecule has 4 rings (SSSR count). The average molecular weight is 375 g/mol. The number of carbonyl (C=O) groups is 2. The second-order valence-electron chi connectivity index (χ2n) is 7.41. The van der Waals surface area contributed by atoms with E-state index in [1.165, 1.54) is 11.1 Å². The second-order valence-corrected chi connectivity index (χ2v) is 7.41. The number of nitrogens with zero attached hydrogens (tertiary/aromatic N) is 2. The maximum atomic E-state index is 12.9. The van der Waals surface area contributed by atoms with E-state index in [1.807, 2.05) is 59.2 Å². The minimum atomic E-state index is -0.00625. The summed E-state index contributed by atoms with van der Waals surface area (Å²) in [5, 5.41) is 1.05. The van der Waals surface area contributed by atoms with Gasteiger partial charge in [0, 0.05) is 42.6 Å². The molecule has 0 atom stereocenters. The molecule has 3 aromatic rings. The Morgan fingerprint density at radius 2 is 1.54 bits per heavy atom. The Kier molecular flexibility index (Phi) is 4.90. The van der Waals surface area contributed by atoms with Gasteiger partial charge in [-0.15, -0.1) is 0 Å². The van der Waals surface area contributed by atoms with Gasteiger partial charge in [-0.2, -0.15) is 0 Å². The lowest BCUT2D eigenvalue weighted by atomic mass is 10.1. The SMILES string of the molecule is CCc1ccc(C(=O)N2CCN(C(=O)c3cc4cc(C)ccc4[nH]3)CC2)cc1. The fraction of sp³-hybridized carbons (Fsp3) is 0.304. The maximum Gasteiger partial charge on any atom is 0.270 e. The molecule has 0 bridgehead atoms. The van der Waals surface area contributed by atoms with E-state index in [0.29, 0.717) is 37.4 Å². The summed E-state index contributed by atoms with van der Waals surface area (Å²) in [4.78, 5) is 32.4. The van der Waals surface area contributed by atoms with E-state index in [2.05, 4.69) is 18.0 Å². The lowest BCUT2D eigenvalue weighted by Gasteiger charge is -2.34. The fourth-order valence-electron chi connectivity index (χ4n) is 3.72. The number of amides is 2. The molecule has 1 aliphatic rings. The van der Waals surface area contributed by atoms with Crippen molar-refractivity contribution in [2.75, 3.05) is 26.2 Å². The van der Waals surface area contributed by atoms with Crippen molar-refractivity contribution in [3.05, 3.63) is 70.9 Å². The number of hydrogen-bond donors (Lipinski definition) is 1. The molecule has 1 saturated heterocycles. The predicted octanol–water partition coefficient (Wildman–Crippen LogP) is 3.64. The van der Waals surface area contributed by atoms with Gasteiger partial charge in [-0.25, -0.2) is 0 Å². The van der Waals surface area contributed by atoms with Gasteiger partial charge >= 0.3 is 0 Å². The number of aryl methyl sites for hydroxylation is 2. The minimum Gasteiger partial charge on any atom is -0.351 e. The van der Waals surface area contributed by atoms with Crippen LogP contribution in [-0.4, -0.2) is 52.8 Å². The summed E-state index contributed by atoms with van der Waals surface area (Å²) in [5.41, 5.74) is 4.68. The minimum absolute atomic E-state index is 0.00625. The first-order valence-electron chi connectivity index (χ1n) is 9.82. The summed E-state index contributed by atoms with van der Waals surface area (Å²) < 4.78 is 0. The van der Waals surface area contributed by atoms with E-state index in [1.54, 1.807) is 0 Å². The van der Waals surface area contributed by atoms with Crippen LogP contribution >= 0.6 is 0 Å². The molecule has 1 aliphatic heterocycles. The molecule has 5 nitrogen and oxygen atoms in total. The topological polar surface area (TPSA) is 56.4 Å². The fourth-order valence-corrected chi connectivity index (χ4v) is 3.72. The zero-order valence-electron chi connectivity index (χ0n) is 16.4. The van der Waals surface area contributed by atoms with Crippen LogP contribution < -0.4 is 0 Å². The van der Waals surface area contributed by atoms with Crippen LogP contribution in [0.2, 0.25) is 0 Å². The molecule has 0 aliphatic carbocycles. The Morgan fingerprint density at radius 1 is 0.893 bits per heavy atom. The number of carbonyl (C=O) groups excluding carboxylic acids is 2. The molecular weight excluding hydrogens is 350 g/mol. The lowest BCUT2D eigenvalue weighted by Crippen LogP contribution is -2.50. The molecule has 1 fully saturated rings. The van der Waals surface area contributed by atoms with Gasteiger partial charge in [0.05, 0.1) is 0 Å². The Balaban J connectivity index is 1.41. The third-order valence-corrected chi connectivity index (χ3v) is 5.47. The number of rotatable bonds is 3. The normalized spacial score (nSPS) is 14.5. The van der Waals surface area contributed by atoms with Gasteiger partial charge in [0.25, 0.3) is 11.8 Å². The lowest BCUT2D eigenvalue weighted by molar-refractivity contribution is 0.0533. The molecule has 0 spiro atoms. The highest BCUT2D eigenvalue weighted by Crippen LogP contribution is 2.19. The zero-order chi connectivity index (χ0) is 19.7. The summed E-state index contributed by atoms with van der Waals surface area (Å²) in [7, 11) is 0. The summed E-state index contributed by atoms with van der Waals surface area (Å²) in [6.45, 7) is 6.35. The van der Waals surface area contributed by atoms with Gasteiger partial charge in [-0.3, -0.25) is 9.59 Å². The van der Waals surface area contributed by atoms with E-state index in [9.17, 15) is 9.59 Å². The highest BCUT2D eigenvalue weighted by molar-refractivity contribution is 5.98. The van der Waals surface area contributed by atoms with Gasteiger partial charge < -0.3 is 14.8 Å². The third kappa shape index (κ3) is 3.52. The first kappa shape index (κ1) is 18.3. The second kappa shape index (κ2) is 7.50. The van der Waals surface area contributed by atoms with Crippen molar-refractivity contribution in [3.8, 4) is 0 Å². The van der Waals surface area contributed by atoms with Gasteiger partial charge in [-0.05, 0) is 49.2 Å². The van der Waals surface area contributed by atoms with Crippen LogP contribution in [0.15, 0.2) is 48.5 Å². The quantitative estimate of drug-likeness (QED) is 0.760. The third-order valence-electron chi connectivity index (χ3n) is 5.47. The Hall–Kier alpha value is -3.08. The van der Waals surface area contributed by atoms with Crippen molar-refractivity contribution >= 4 is 22.7 Å². The van der Waals surface area contributed by atoms with Gasteiger partial charge in [0.2, 0.25) is 0 Å².